The number of hydrogen-bond donors (Lipinski definition) is 0. The first-order valence-corrected chi connectivity index (χ1v) is 15.9. The third-order valence-corrected chi connectivity index (χ3v) is 10.3. The molecule has 6 nitrogen and oxygen atoms in total. The molecule has 13 heteroatoms. The van der Waals surface area contributed by atoms with Gasteiger partial charge in [0.2, 0.25) is 0 Å². The second-order valence-electron chi connectivity index (χ2n) is 6.21. The van der Waals surface area contributed by atoms with E-state index in [0.717, 1.165) is 73.8 Å². The smallest absolute Gasteiger partial charge is 0.122 e. The maximum absolute atomic E-state index is 4.35. The van der Waals surface area contributed by atoms with Gasteiger partial charge in [-0.1, -0.05) is 0 Å². The van der Waals surface area contributed by atoms with Gasteiger partial charge in [-0.2, -0.15) is 0 Å². The Hall–Kier alpha value is 0.743. The Kier molecular flexibility index (Phi) is 12.7. The quantitative estimate of drug-likeness (QED) is 0.449. The topological polar surface area (TPSA) is 74.2 Å². The van der Waals surface area contributed by atoms with E-state index in [-0.39, 0.29) is 19.5 Å². The molecule has 0 aliphatic carbocycles. The van der Waals surface area contributed by atoms with Crippen LogP contribution in [0, 0.1) is 0 Å². The van der Waals surface area contributed by atoms with Crippen LogP contribution < -0.4 is 0 Å². The summed E-state index contributed by atoms with van der Waals surface area (Å²) in [7, 11) is 0. The zero-order chi connectivity index (χ0) is 20.4. The molecule has 0 bridgehead atoms. The Morgan fingerprint density at radius 1 is 0.323 bits per heavy atom. The van der Waals surface area contributed by atoms with Gasteiger partial charge in [0.05, 0.1) is 0 Å². The van der Waals surface area contributed by atoms with E-state index >= 15 is 0 Å². The molecule has 0 atom stereocenters. The molecule has 6 heterocycles. The van der Waals surface area contributed by atoms with Crippen molar-refractivity contribution < 1.29 is 19.5 Å². The van der Waals surface area contributed by atoms with Crippen LogP contribution in [0.5, 0.6) is 0 Å². The Labute approximate surface area is 222 Å². The predicted octanol–water partition coefficient (Wildman–Crippen LogP) is 3.83. The van der Waals surface area contributed by atoms with Gasteiger partial charge in [0.25, 0.3) is 0 Å². The first kappa shape index (κ1) is 26.3. The van der Waals surface area contributed by atoms with Crippen molar-refractivity contribution in [3.8, 4) is 0 Å². The third kappa shape index (κ3) is 8.48. The molecule has 0 amide bonds. The van der Waals surface area contributed by atoms with Crippen molar-refractivity contribution >= 4 is 101 Å². The van der Waals surface area contributed by atoms with E-state index in [2.05, 4.69) is 30.0 Å². The number of aliphatic imine (C=N–C) groups is 6. The van der Waals surface area contributed by atoms with Gasteiger partial charge >= 0.3 is 0 Å². The first-order chi connectivity index (χ1) is 14.9. The number of hydrogen-bond acceptors (Lipinski definition) is 12. The monoisotopic (exact) mass is 618 g/mol. The van der Waals surface area contributed by atoms with Gasteiger partial charge in [-0.15, -0.1) is 70.6 Å². The maximum atomic E-state index is 4.35. The van der Waals surface area contributed by atoms with Crippen LogP contribution in [-0.4, -0.2) is 104 Å². The van der Waals surface area contributed by atoms with Crippen LogP contribution >= 0.6 is 70.6 Å². The average Bonchev–Trinajstić information content (AvgIpc) is 3.66. The summed E-state index contributed by atoms with van der Waals surface area (Å²) in [6.07, 6.45) is 0. The molecule has 0 aromatic heterocycles. The van der Waals surface area contributed by atoms with E-state index in [0.29, 0.717) is 0 Å². The third-order valence-electron chi connectivity index (χ3n) is 4.06. The van der Waals surface area contributed by atoms with E-state index in [1.165, 1.54) is 30.3 Å². The van der Waals surface area contributed by atoms with Crippen LogP contribution in [-0.2, 0) is 19.5 Å². The van der Waals surface area contributed by atoms with Crippen molar-refractivity contribution in [3.63, 3.8) is 0 Å². The molecule has 0 spiro atoms. The van der Waals surface area contributed by atoms with Crippen LogP contribution in [0.3, 0.4) is 0 Å². The SMILES string of the molecule is C1CSC(C2=NCCS2)=N1.C1CSC(C2=NCCS2)=N1.C1CSC(C2=NCCS2)=N1.[Ru]. The number of rotatable bonds is 3. The van der Waals surface area contributed by atoms with Crippen molar-refractivity contribution in [2.24, 2.45) is 30.0 Å². The van der Waals surface area contributed by atoms with Crippen molar-refractivity contribution in [1.82, 2.24) is 0 Å². The molecule has 0 aromatic rings. The molecule has 0 radical (unpaired) electrons. The molecule has 0 saturated carbocycles. The Balaban J connectivity index is 0.000000130. The van der Waals surface area contributed by atoms with Gasteiger partial charge in [0.15, 0.2) is 0 Å². The molecule has 31 heavy (non-hydrogen) atoms. The van der Waals surface area contributed by atoms with Gasteiger partial charge in [-0.25, -0.2) is 0 Å². The minimum absolute atomic E-state index is 0. The molecule has 6 aliphatic heterocycles. The summed E-state index contributed by atoms with van der Waals surface area (Å²) in [6, 6.07) is 0. The molecule has 0 fully saturated rings. The summed E-state index contributed by atoms with van der Waals surface area (Å²) in [6.45, 7) is 5.91. The Morgan fingerprint density at radius 2 is 0.484 bits per heavy atom. The Bertz CT molecular complexity index is 639. The van der Waals surface area contributed by atoms with Crippen LogP contribution in [0.15, 0.2) is 30.0 Å². The number of nitrogens with zero attached hydrogens (tertiary/aromatic N) is 6. The normalized spacial score (nSPS) is 24.0. The van der Waals surface area contributed by atoms with E-state index in [1.807, 2.05) is 70.6 Å². The fraction of sp³-hybridized carbons (Fsp3) is 0.667. The standard InChI is InChI=1S/3C6H8N2S2.Ru/c3*1-3-9-5(7-1)6-8-2-4-10-6;/h3*1-4H2;. The van der Waals surface area contributed by atoms with Gasteiger partial charge < -0.3 is 0 Å². The van der Waals surface area contributed by atoms with Gasteiger partial charge in [0.1, 0.15) is 30.3 Å². The van der Waals surface area contributed by atoms with E-state index in [1.54, 1.807) is 0 Å². The minimum atomic E-state index is 0. The van der Waals surface area contributed by atoms with Crippen LogP contribution in [0.1, 0.15) is 0 Å². The molecule has 0 aromatic carbocycles. The molecule has 170 valence electrons. The minimum Gasteiger partial charge on any atom is -0.275 e. The summed E-state index contributed by atoms with van der Waals surface area (Å²) in [5, 5.41) is 7.10. The predicted molar refractivity (Wildman–Crippen MR) is 149 cm³/mol. The van der Waals surface area contributed by atoms with Crippen molar-refractivity contribution in [2.45, 2.75) is 0 Å². The van der Waals surface area contributed by atoms with E-state index in [9.17, 15) is 0 Å². The number of thioether (sulfide) groups is 6. The molecule has 0 N–H and O–H groups in total. The molecular weight excluding hydrogens is 594 g/mol. The molecular formula is C18H24N6RuS6. The zero-order valence-corrected chi connectivity index (χ0v) is 23.6. The van der Waals surface area contributed by atoms with Crippen molar-refractivity contribution in [1.29, 1.82) is 0 Å². The average molecular weight is 618 g/mol. The fourth-order valence-electron chi connectivity index (χ4n) is 2.79. The van der Waals surface area contributed by atoms with Crippen LogP contribution in [0.2, 0.25) is 0 Å². The summed E-state index contributed by atoms with van der Waals surface area (Å²) in [5.74, 6) is 6.89. The van der Waals surface area contributed by atoms with Gasteiger partial charge in [-0.3, -0.25) is 30.0 Å². The summed E-state index contributed by atoms with van der Waals surface area (Å²) < 4.78 is 0. The molecule has 0 saturated heterocycles. The Morgan fingerprint density at radius 3 is 0.581 bits per heavy atom. The van der Waals surface area contributed by atoms with E-state index < -0.39 is 0 Å². The fourth-order valence-corrected chi connectivity index (χ4v) is 8.33. The second-order valence-corrected chi connectivity index (χ2v) is 12.7. The van der Waals surface area contributed by atoms with Crippen molar-refractivity contribution in [2.75, 3.05) is 73.8 Å². The van der Waals surface area contributed by atoms with Crippen LogP contribution in [0.4, 0.5) is 0 Å². The van der Waals surface area contributed by atoms with Gasteiger partial charge in [-0.05, 0) is 0 Å². The molecule has 6 aliphatic rings. The summed E-state index contributed by atoms with van der Waals surface area (Å²) in [4.78, 5) is 26.1. The van der Waals surface area contributed by atoms with Crippen LogP contribution in [0.25, 0.3) is 0 Å². The molecule has 0 unspecified atom stereocenters. The largest absolute Gasteiger partial charge is 0.275 e. The second kappa shape index (κ2) is 14.9. The zero-order valence-electron chi connectivity index (χ0n) is 17.0. The van der Waals surface area contributed by atoms with Gasteiger partial charge in [0, 0.05) is 93.3 Å². The summed E-state index contributed by atoms with van der Waals surface area (Å²) >= 11 is 11.0. The van der Waals surface area contributed by atoms with E-state index in [4.69, 9.17) is 0 Å². The summed E-state index contributed by atoms with van der Waals surface area (Å²) in [5.41, 5.74) is 0. The van der Waals surface area contributed by atoms with Crippen molar-refractivity contribution in [3.05, 3.63) is 0 Å². The maximum Gasteiger partial charge on any atom is 0.122 e. The first-order valence-electron chi connectivity index (χ1n) is 9.95. The molecule has 6 rings (SSSR count).